The number of aromatic nitrogens is 3. The minimum absolute atomic E-state index is 0.203. The van der Waals surface area contributed by atoms with Crippen LogP contribution in [0.15, 0.2) is 60.8 Å². The molecule has 7 nitrogen and oxygen atoms in total. The SMILES string of the molecule is CCn1c(-c2cccc(C(=O)Nc3ccc4c(c3)OCCO4)c2)nc2cccnc21. The van der Waals surface area contributed by atoms with E-state index in [1.165, 1.54) is 0 Å². The number of imidazole rings is 1. The quantitative estimate of drug-likeness (QED) is 0.557. The van der Waals surface area contributed by atoms with Gasteiger partial charge in [-0.2, -0.15) is 0 Å². The van der Waals surface area contributed by atoms with Gasteiger partial charge in [-0.1, -0.05) is 12.1 Å². The van der Waals surface area contributed by atoms with E-state index in [4.69, 9.17) is 14.5 Å². The Labute approximate surface area is 173 Å². The summed E-state index contributed by atoms with van der Waals surface area (Å²) >= 11 is 0. The lowest BCUT2D eigenvalue weighted by Gasteiger charge is -2.19. The van der Waals surface area contributed by atoms with Crippen LogP contribution >= 0.6 is 0 Å². The smallest absolute Gasteiger partial charge is 0.255 e. The zero-order chi connectivity index (χ0) is 20.5. The summed E-state index contributed by atoms with van der Waals surface area (Å²) in [5.74, 6) is 1.91. The Balaban J connectivity index is 1.44. The van der Waals surface area contributed by atoms with Crippen molar-refractivity contribution >= 4 is 22.8 Å². The lowest BCUT2D eigenvalue weighted by atomic mass is 10.1. The molecular weight excluding hydrogens is 380 g/mol. The van der Waals surface area contributed by atoms with Crippen LogP contribution in [-0.4, -0.2) is 33.7 Å². The Morgan fingerprint density at radius 3 is 2.80 bits per heavy atom. The standard InChI is InChI=1S/C23H20N4O3/c1-2-27-21(26-18-7-4-10-24-22(18)27)15-5-3-6-16(13-15)23(28)25-17-8-9-19-20(14-17)30-12-11-29-19/h3-10,13-14H,2,11-12H2,1H3,(H,25,28). The normalized spacial score (nSPS) is 12.7. The topological polar surface area (TPSA) is 78.3 Å². The molecule has 3 heterocycles. The molecule has 0 atom stereocenters. The van der Waals surface area contributed by atoms with Crippen LogP contribution in [0.4, 0.5) is 5.69 Å². The van der Waals surface area contributed by atoms with Gasteiger partial charge in [-0.3, -0.25) is 4.79 Å². The molecule has 0 radical (unpaired) electrons. The molecule has 0 saturated heterocycles. The fraction of sp³-hybridized carbons (Fsp3) is 0.174. The maximum absolute atomic E-state index is 12.9. The Kier molecular flexibility index (Phi) is 4.55. The molecule has 4 aromatic rings. The van der Waals surface area contributed by atoms with Crippen LogP contribution in [0.5, 0.6) is 11.5 Å². The van der Waals surface area contributed by atoms with E-state index in [2.05, 4.69) is 17.2 Å². The van der Waals surface area contributed by atoms with Crippen molar-refractivity contribution in [3.8, 4) is 22.9 Å². The van der Waals surface area contributed by atoms with Gasteiger partial charge < -0.3 is 19.4 Å². The first-order chi connectivity index (χ1) is 14.7. The van der Waals surface area contributed by atoms with Crippen molar-refractivity contribution in [1.82, 2.24) is 14.5 Å². The molecule has 1 N–H and O–H groups in total. The average Bonchev–Trinajstić information content (AvgIpc) is 3.18. The number of hydrogen-bond donors (Lipinski definition) is 1. The predicted octanol–water partition coefficient (Wildman–Crippen LogP) is 4.14. The number of hydrogen-bond acceptors (Lipinski definition) is 5. The predicted molar refractivity (Wildman–Crippen MR) is 114 cm³/mol. The van der Waals surface area contributed by atoms with Crippen LogP contribution in [0.1, 0.15) is 17.3 Å². The molecule has 0 aliphatic carbocycles. The van der Waals surface area contributed by atoms with E-state index in [0.29, 0.717) is 36.0 Å². The molecule has 0 fully saturated rings. The van der Waals surface area contributed by atoms with Gasteiger partial charge in [0, 0.05) is 35.6 Å². The molecule has 0 unspecified atom stereocenters. The highest BCUT2D eigenvalue weighted by molar-refractivity contribution is 6.05. The number of amides is 1. The van der Waals surface area contributed by atoms with Crippen LogP contribution in [0.25, 0.3) is 22.6 Å². The highest BCUT2D eigenvalue weighted by atomic mass is 16.6. The number of nitrogens with zero attached hydrogens (tertiary/aromatic N) is 3. The molecule has 30 heavy (non-hydrogen) atoms. The largest absolute Gasteiger partial charge is 0.486 e. The second-order valence-electron chi connectivity index (χ2n) is 6.92. The molecule has 7 heteroatoms. The minimum Gasteiger partial charge on any atom is -0.486 e. The van der Waals surface area contributed by atoms with Gasteiger partial charge in [0.2, 0.25) is 0 Å². The van der Waals surface area contributed by atoms with Gasteiger partial charge in [0.05, 0.1) is 0 Å². The van der Waals surface area contributed by atoms with Crippen LogP contribution in [0.2, 0.25) is 0 Å². The number of carbonyl (C=O) groups is 1. The number of ether oxygens (including phenoxy) is 2. The second kappa shape index (κ2) is 7.51. The van der Waals surface area contributed by atoms with Crippen molar-refractivity contribution in [3.63, 3.8) is 0 Å². The van der Waals surface area contributed by atoms with Crippen LogP contribution in [0, 0.1) is 0 Å². The Morgan fingerprint density at radius 1 is 1.07 bits per heavy atom. The summed E-state index contributed by atoms with van der Waals surface area (Å²) in [4.78, 5) is 22.0. The number of carbonyl (C=O) groups excluding carboxylic acids is 1. The van der Waals surface area contributed by atoms with Crippen molar-refractivity contribution in [1.29, 1.82) is 0 Å². The van der Waals surface area contributed by atoms with Crippen molar-refractivity contribution < 1.29 is 14.3 Å². The maximum Gasteiger partial charge on any atom is 0.255 e. The third-order valence-electron chi connectivity index (χ3n) is 5.00. The summed E-state index contributed by atoms with van der Waals surface area (Å²) < 4.78 is 13.2. The van der Waals surface area contributed by atoms with Gasteiger partial charge in [0.25, 0.3) is 5.91 Å². The number of fused-ring (bicyclic) bond motifs is 2. The second-order valence-corrected chi connectivity index (χ2v) is 6.92. The summed E-state index contributed by atoms with van der Waals surface area (Å²) in [5, 5.41) is 2.93. The summed E-state index contributed by atoms with van der Waals surface area (Å²) in [6, 6.07) is 16.6. The zero-order valence-electron chi connectivity index (χ0n) is 16.5. The van der Waals surface area contributed by atoms with E-state index in [-0.39, 0.29) is 5.91 Å². The third-order valence-corrected chi connectivity index (χ3v) is 5.00. The molecule has 0 saturated carbocycles. The number of pyridine rings is 1. The molecule has 5 rings (SSSR count). The van der Waals surface area contributed by atoms with E-state index >= 15 is 0 Å². The van der Waals surface area contributed by atoms with Gasteiger partial charge in [-0.15, -0.1) is 0 Å². The molecule has 1 aliphatic heterocycles. The first-order valence-electron chi connectivity index (χ1n) is 9.85. The summed E-state index contributed by atoms with van der Waals surface area (Å²) in [6.07, 6.45) is 1.76. The number of rotatable bonds is 4. The highest BCUT2D eigenvalue weighted by Crippen LogP contribution is 2.33. The lowest BCUT2D eigenvalue weighted by molar-refractivity contribution is 0.102. The molecule has 1 amide bonds. The number of anilines is 1. The van der Waals surface area contributed by atoms with Crippen LogP contribution < -0.4 is 14.8 Å². The number of nitrogens with one attached hydrogen (secondary N) is 1. The first kappa shape index (κ1) is 18.2. The third kappa shape index (κ3) is 3.24. The van der Waals surface area contributed by atoms with Gasteiger partial charge >= 0.3 is 0 Å². The average molecular weight is 400 g/mol. The fourth-order valence-corrected chi connectivity index (χ4v) is 3.60. The summed E-state index contributed by atoms with van der Waals surface area (Å²) in [6.45, 7) is 3.82. The Hall–Kier alpha value is -3.87. The zero-order valence-corrected chi connectivity index (χ0v) is 16.5. The van der Waals surface area contributed by atoms with Gasteiger partial charge in [-0.05, 0) is 43.3 Å². The van der Waals surface area contributed by atoms with Gasteiger partial charge in [0.1, 0.15) is 24.6 Å². The first-order valence-corrected chi connectivity index (χ1v) is 9.85. The van der Waals surface area contributed by atoms with Crippen molar-refractivity contribution in [2.75, 3.05) is 18.5 Å². The van der Waals surface area contributed by atoms with Gasteiger partial charge in [-0.25, -0.2) is 9.97 Å². The van der Waals surface area contributed by atoms with Crippen molar-refractivity contribution in [3.05, 3.63) is 66.4 Å². The van der Waals surface area contributed by atoms with Crippen molar-refractivity contribution in [2.24, 2.45) is 0 Å². The molecule has 1 aliphatic rings. The van der Waals surface area contributed by atoms with Crippen LogP contribution in [-0.2, 0) is 6.54 Å². The van der Waals surface area contributed by atoms with E-state index in [1.807, 2.05) is 34.9 Å². The molecule has 0 bridgehead atoms. The fourth-order valence-electron chi connectivity index (χ4n) is 3.60. The maximum atomic E-state index is 12.9. The number of benzene rings is 2. The Morgan fingerprint density at radius 2 is 1.93 bits per heavy atom. The van der Waals surface area contributed by atoms with Gasteiger partial charge in [0.15, 0.2) is 17.1 Å². The van der Waals surface area contributed by atoms with E-state index in [0.717, 1.165) is 29.1 Å². The summed E-state index contributed by atoms with van der Waals surface area (Å²) in [5.41, 5.74) is 3.73. The lowest BCUT2D eigenvalue weighted by Crippen LogP contribution is -2.16. The Bertz CT molecular complexity index is 1250. The monoisotopic (exact) mass is 400 g/mol. The molecule has 2 aromatic carbocycles. The molecule has 2 aromatic heterocycles. The van der Waals surface area contributed by atoms with E-state index < -0.39 is 0 Å². The van der Waals surface area contributed by atoms with E-state index in [9.17, 15) is 4.79 Å². The molecular formula is C23H20N4O3. The number of aryl methyl sites for hydroxylation is 1. The highest BCUT2D eigenvalue weighted by Gasteiger charge is 2.16. The van der Waals surface area contributed by atoms with Crippen LogP contribution in [0.3, 0.4) is 0 Å². The summed E-state index contributed by atoms with van der Waals surface area (Å²) in [7, 11) is 0. The van der Waals surface area contributed by atoms with Crippen molar-refractivity contribution in [2.45, 2.75) is 13.5 Å². The minimum atomic E-state index is -0.203. The molecule has 0 spiro atoms. The van der Waals surface area contributed by atoms with E-state index in [1.54, 1.807) is 30.5 Å². The molecule has 150 valence electrons.